The molecule has 59 heavy (non-hydrogen) atoms. The highest BCUT2D eigenvalue weighted by atomic mass is 35.5. The molecule has 0 aromatic heterocycles. The number of para-hydroxylation sites is 1. The topological polar surface area (TPSA) is 98.1 Å². The first-order valence-corrected chi connectivity index (χ1v) is 20.9. The molecule has 3 aromatic rings. The minimum atomic E-state index is -1.03. The Morgan fingerprint density at radius 3 is 2.37 bits per heavy atom. The summed E-state index contributed by atoms with van der Waals surface area (Å²) < 4.78 is 22.0. The second-order valence-corrected chi connectivity index (χ2v) is 16.8. The van der Waals surface area contributed by atoms with Gasteiger partial charge < -0.3 is 23.8 Å². The van der Waals surface area contributed by atoms with Gasteiger partial charge in [-0.2, -0.15) is 5.26 Å². The first-order chi connectivity index (χ1) is 28.3. The number of nitrogens with zero attached hydrogens (tertiary/aromatic N) is 2. The highest BCUT2D eigenvalue weighted by molar-refractivity contribution is 6.55. The van der Waals surface area contributed by atoms with Crippen molar-refractivity contribution in [1.82, 2.24) is 4.90 Å². The number of hydrogen-bond acceptors (Lipinski definition) is 7. The third-order valence-electron chi connectivity index (χ3n) is 11.0. The van der Waals surface area contributed by atoms with Crippen molar-refractivity contribution in [2.75, 3.05) is 19.9 Å². The summed E-state index contributed by atoms with van der Waals surface area (Å²) in [6.07, 6.45) is 17.5. The van der Waals surface area contributed by atoms with E-state index < -0.39 is 12.1 Å². The van der Waals surface area contributed by atoms with Crippen LogP contribution in [0.2, 0.25) is 0 Å². The molecule has 1 unspecified atom stereocenters. The second-order valence-electron chi connectivity index (χ2n) is 15.8. The molecule has 2 aliphatic carbocycles. The van der Waals surface area contributed by atoms with Crippen LogP contribution in [-0.2, 0) is 14.3 Å². The van der Waals surface area contributed by atoms with E-state index in [4.69, 9.17) is 42.1 Å². The van der Waals surface area contributed by atoms with E-state index in [1.165, 1.54) is 31.3 Å². The molecule has 2 aliphatic heterocycles. The highest BCUT2D eigenvalue weighted by Crippen LogP contribution is 2.60. The van der Waals surface area contributed by atoms with Gasteiger partial charge in [0.2, 0.25) is 18.8 Å². The van der Waals surface area contributed by atoms with Crippen molar-refractivity contribution in [1.29, 1.82) is 5.26 Å². The number of likely N-dealkylation sites (tertiary alicyclic amines) is 1. The number of halogens is 2. The maximum Gasteiger partial charge on any atom is 0.311 e. The lowest BCUT2D eigenvalue weighted by Gasteiger charge is -2.25. The minimum Gasteiger partial charge on any atom is -0.457 e. The van der Waals surface area contributed by atoms with Crippen molar-refractivity contribution >= 4 is 41.2 Å². The molecule has 3 aromatic carbocycles. The van der Waals surface area contributed by atoms with Gasteiger partial charge in [-0.15, -0.1) is 0 Å². The first-order valence-electron chi connectivity index (χ1n) is 20.2. The summed E-state index contributed by atoms with van der Waals surface area (Å²) in [7, 11) is 0. The highest BCUT2D eigenvalue weighted by Gasteiger charge is 2.62. The van der Waals surface area contributed by atoms with Crippen LogP contribution in [0.3, 0.4) is 0 Å². The Bertz CT molecular complexity index is 2090. The van der Waals surface area contributed by atoms with Crippen molar-refractivity contribution in [3.05, 3.63) is 137 Å². The van der Waals surface area contributed by atoms with Gasteiger partial charge in [0.1, 0.15) is 22.1 Å². The molecule has 310 valence electrons. The Labute approximate surface area is 359 Å². The summed E-state index contributed by atoms with van der Waals surface area (Å²) in [5.41, 5.74) is 4.16. The number of carbonyl (C=O) groups excluding carboxylic acids is 2. The molecule has 2 heterocycles. The van der Waals surface area contributed by atoms with E-state index in [0.717, 1.165) is 48.9 Å². The second kappa shape index (κ2) is 21.7. The minimum absolute atomic E-state index is 0.102. The molecule has 2 fully saturated rings. The summed E-state index contributed by atoms with van der Waals surface area (Å²) >= 11 is 11.5. The first kappa shape index (κ1) is 44.9. The summed E-state index contributed by atoms with van der Waals surface area (Å²) in [6.45, 7) is 14.3. The molecule has 0 radical (unpaired) electrons. The quantitative estimate of drug-likeness (QED) is 0.0868. The van der Waals surface area contributed by atoms with Gasteiger partial charge in [-0.25, -0.2) is 0 Å². The normalized spacial score (nSPS) is 20.4. The fourth-order valence-electron chi connectivity index (χ4n) is 7.25. The number of piperidine rings is 1. The zero-order valence-corrected chi connectivity index (χ0v) is 35.9. The van der Waals surface area contributed by atoms with E-state index in [0.29, 0.717) is 17.1 Å². The molecule has 0 bridgehead atoms. The molecule has 4 aliphatic rings. The van der Waals surface area contributed by atoms with E-state index >= 15 is 0 Å². The standard InChI is InChI=1S/C22H19Cl2NO3.C17H19NO3.C10H16/c1-22(2)17(12-19(23)24)20(22)21(26)28-18(13-25)14-7-6-10-16(11-14)27-15-8-4-3-5-9-15;19-17(18-10-4-1-5-11-18)7-3-2-6-14-8-9-15-16(12-14)21-13-20-15;1-8(2)10-6-4-9(3)5-7-10/h3-12,17-18,20H,1-2H3;2-3,6-9,12H,1,4-5,10-11,13H2;4,10H,1,5-7H2,2-3H3/b;6-2+,7-3+;/t17-,18?,20-;;10-/m0.0/s1. The van der Waals surface area contributed by atoms with Crippen molar-refractivity contribution in [3.8, 4) is 29.1 Å². The lowest BCUT2D eigenvalue weighted by molar-refractivity contribution is -0.149. The van der Waals surface area contributed by atoms with Crippen LogP contribution in [0.1, 0.15) is 83.5 Å². The Morgan fingerprint density at radius 2 is 1.69 bits per heavy atom. The summed E-state index contributed by atoms with van der Waals surface area (Å²) in [6, 6.07) is 24.1. The molecule has 1 amide bonds. The Kier molecular flexibility index (Phi) is 16.5. The molecule has 1 saturated carbocycles. The van der Waals surface area contributed by atoms with E-state index in [9.17, 15) is 14.9 Å². The number of allylic oxidation sites excluding steroid dienone is 6. The van der Waals surface area contributed by atoms with Crippen molar-refractivity contribution < 1.29 is 28.5 Å². The van der Waals surface area contributed by atoms with Crippen LogP contribution in [0, 0.1) is 34.5 Å². The monoisotopic (exact) mass is 836 g/mol. The predicted molar refractivity (Wildman–Crippen MR) is 235 cm³/mol. The van der Waals surface area contributed by atoms with Gasteiger partial charge in [0.05, 0.1) is 5.92 Å². The molecular formula is C49H54Cl2N2O6. The summed E-state index contributed by atoms with van der Waals surface area (Å²) in [5.74, 6) is 2.71. The number of esters is 1. The van der Waals surface area contributed by atoms with Crippen LogP contribution in [-0.4, -0.2) is 36.7 Å². The van der Waals surface area contributed by atoms with Crippen molar-refractivity contribution in [2.45, 2.75) is 72.3 Å². The van der Waals surface area contributed by atoms with Gasteiger partial charge in [0.25, 0.3) is 0 Å². The van der Waals surface area contributed by atoms with Crippen LogP contribution in [0.25, 0.3) is 6.08 Å². The molecule has 10 heteroatoms. The third-order valence-corrected chi connectivity index (χ3v) is 11.3. The van der Waals surface area contributed by atoms with Gasteiger partial charge >= 0.3 is 5.97 Å². The van der Waals surface area contributed by atoms with Crippen molar-refractivity contribution in [3.63, 3.8) is 0 Å². The van der Waals surface area contributed by atoms with Gasteiger partial charge in [-0.3, -0.25) is 9.59 Å². The molecule has 7 rings (SSSR count). The lowest BCUT2D eigenvalue weighted by Crippen LogP contribution is -2.34. The number of ether oxygens (including phenoxy) is 4. The van der Waals surface area contributed by atoms with Gasteiger partial charge in [0, 0.05) is 24.7 Å². The molecule has 1 saturated heterocycles. The van der Waals surface area contributed by atoms with E-state index in [1.807, 2.05) is 85.5 Å². The Hall–Kier alpha value is -5.23. The van der Waals surface area contributed by atoms with Crippen LogP contribution >= 0.6 is 23.2 Å². The number of amides is 1. The van der Waals surface area contributed by atoms with Gasteiger partial charge in [-0.05, 0) is 118 Å². The van der Waals surface area contributed by atoms with Gasteiger partial charge in [0.15, 0.2) is 11.5 Å². The number of nitriles is 1. The number of benzene rings is 3. The van der Waals surface area contributed by atoms with E-state index in [-0.39, 0.29) is 34.4 Å². The summed E-state index contributed by atoms with van der Waals surface area (Å²) in [4.78, 5) is 26.5. The largest absolute Gasteiger partial charge is 0.457 e. The zero-order chi connectivity index (χ0) is 42.4. The van der Waals surface area contributed by atoms with Gasteiger partial charge in [-0.1, -0.05) is 115 Å². The Morgan fingerprint density at radius 1 is 0.966 bits per heavy atom. The van der Waals surface area contributed by atoms with Crippen LogP contribution in [0.15, 0.2) is 125 Å². The number of hydrogen-bond donors (Lipinski definition) is 0. The van der Waals surface area contributed by atoms with E-state index in [1.54, 1.807) is 48.1 Å². The van der Waals surface area contributed by atoms with E-state index in [2.05, 4.69) is 26.5 Å². The Balaban J connectivity index is 0.000000187. The fourth-order valence-corrected chi connectivity index (χ4v) is 7.52. The molecule has 8 nitrogen and oxygen atoms in total. The average Bonchev–Trinajstić information content (AvgIpc) is 3.50. The number of rotatable bonds is 10. The maximum absolute atomic E-state index is 12.6. The number of carbonyl (C=O) groups is 2. The molecule has 0 N–H and O–H groups in total. The van der Waals surface area contributed by atoms with Crippen LogP contribution in [0.4, 0.5) is 0 Å². The number of fused-ring (bicyclic) bond motifs is 1. The van der Waals surface area contributed by atoms with Crippen LogP contribution < -0.4 is 14.2 Å². The summed E-state index contributed by atoms with van der Waals surface area (Å²) in [5, 5.41) is 9.53. The molecular weight excluding hydrogens is 783 g/mol. The van der Waals surface area contributed by atoms with Crippen LogP contribution in [0.5, 0.6) is 23.0 Å². The SMILES string of the molecule is C=C(C)[C@H]1CC=C(C)CC1.CC1(C)[C@H](C(=O)OC(C#N)c2cccc(Oc3ccccc3)c2)[C@@H]1C=C(Cl)Cl.O=C(/C=C/C=C/c1ccc2c(c1)OCO2)N1CCCCC1. The smallest absolute Gasteiger partial charge is 0.311 e. The maximum atomic E-state index is 12.6. The predicted octanol–water partition coefficient (Wildman–Crippen LogP) is 12.5. The molecule has 0 spiro atoms. The fraction of sp³-hybridized carbons (Fsp3) is 0.367. The molecule has 4 atom stereocenters. The average molecular weight is 838 g/mol. The lowest BCUT2D eigenvalue weighted by atomic mass is 9.86. The van der Waals surface area contributed by atoms with Crippen molar-refractivity contribution in [2.24, 2.45) is 23.2 Å². The zero-order valence-electron chi connectivity index (χ0n) is 34.4. The third kappa shape index (κ3) is 13.4.